The van der Waals surface area contributed by atoms with Gasteiger partial charge in [0.25, 0.3) is 0 Å². The lowest BCUT2D eigenvalue weighted by atomic mass is 10.1. The molecule has 0 saturated carbocycles. The quantitative estimate of drug-likeness (QED) is 0.602. The number of hydrogen-bond donors (Lipinski definition) is 0. The number of sulfonamides is 1. The first-order valence-electron chi connectivity index (χ1n) is 9.97. The van der Waals surface area contributed by atoms with E-state index < -0.39 is 10.0 Å². The van der Waals surface area contributed by atoms with Gasteiger partial charge in [0.15, 0.2) is 11.6 Å². The van der Waals surface area contributed by atoms with E-state index in [0.29, 0.717) is 57.1 Å². The Morgan fingerprint density at radius 3 is 2.07 bits per heavy atom. The number of piperidine rings is 1. The first kappa shape index (κ1) is 20.5. The number of aromatic nitrogens is 3. The summed E-state index contributed by atoms with van der Waals surface area (Å²) >= 11 is 0. The Bertz CT molecular complexity index is 982. The van der Waals surface area contributed by atoms with E-state index in [1.165, 1.54) is 4.31 Å². The maximum atomic E-state index is 12.7. The number of rotatable bonds is 6. The molecule has 0 bridgehead atoms. The second-order valence-electron chi connectivity index (χ2n) is 7.33. The predicted molar refractivity (Wildman–Crippen MR) is 110 cm³/mol. The van der Waals surface area contributed by atoms with Crippen LogP contribution in [0.2, 0.25) is 0 Å². The zero-order chi connectivity index (χ0) is 21.1. The SMILES string of the molecule is O=C1CCCC(=O)N1CCS(=O)(=O)N1CCN(c2ccc(-n3cccc3)nn2)CC1. The van der Waals surface area contributed by atoms with Crippen LogP contribution in [0.25, 0.3) is 5.82 Å². The van der Waals surface area contributed by atoms with Crippen molar-refractivity contribution in [2.24, 2.45) is 0 Å². The summed E-state index contributed by atoms with van der Waals surface area (Å²) in [5, 5.41) is 8.49. The summed E-state index contributed by atoms with van der Waals surface area (Å²) in [6, 6.07) is 7.57. The fourth-order valence-electron chi connectivity index (χ4n) is 3.69. The summed E-state index contributed by atoms with van der Waals surface area (Å²) in [6.45, 7) is 1.57. The summed E-state index contributed by atoms with van der Waals surface area (Å²) in [4.78, 5) is 26.8. The molecule has 2 aliphatic rings. The maximum absolute atomic E-state index is 12.7. The molecule has 0 aromatic carbocycles. The van der Waals surface area contributed by atoms with Gasteiger partial charge in [0, 0.05) is 58.0 Å². The monoisotopic (exact) mass is 432 g/mol. The Morgan fingerprint density at radius 2 is 1.47 bits per heavy atom. The number of hydrogen-bond acceptors (Lipinski definition) is 7. The van der Waals surface area contributed by atoms with Crippen LogP contribution in [-0.2, 0) is 19.6 Å². The lowest BCUT2D eigenvalue weighted by Gasteiger charge is -2.35. The fraction of sp³-hybridized carbons (Fsp3) is 0.474. The van der Waals surface area contributed by atoms with Crippen LogP contribution in [0.4, 0.5) is 5.82 Å². The van der Waals surface area contributed by atoms with Gasteiger partial charge in [0.05, 0.1) is 5.75 Å². The number of imide groups is 1. The lowest BCUT2D eigenvalue weighted by molar-refractivity contribution is -0.147. The molecule has 11 heteroatoms. The molecule has 160 valence electrons. The molecule has 2 aromatic rings. The summed E-state index contributed by atoms with van der Waals surface area (Å²) < 4.78 is 28.7. The average molecular weight is 433 g/mol. The summed E-state index contributed by atoms with van der Waals surface area (Å²) in [7, 11) is -3.55. The number of amides is 2. The van der Waals surface area contributed by atoms with E-state index in [1.54, 1.807) is 0 Å². The van der Waals surface area contributed by atoms with Crippen LogP contribution in [0.1, 0.15) is 19.3 Å². The Hall–Kier alpha value is -2.79. The minimum Gasteiger partial charge on any atom is -0.352 e. The maximum Gasteiger partial charge on any atom is 0.229 e. The standard InChI is InChI=1S/C19H24N6O4S/c26-18-4-3-5-19(27)25(18)14-15-30(28,29)24-12-10-23(11-13-24)17-7-6-16(20-21-17)22-8-1-2-9-22/h1-2,6-9H,3-5,10-15H2. The van der Waals surface area contributed by atoms with Crippen LogP contribution in [0.5, 0.6) is 0 Å². The van der Waals surface area contributed by atoms with Crippen molar-refractivity contribution in [2.75, 3.05) is 43.4 Å². The number of piperazine rings is 1. The van der Waals surface area contributed by atoms with Gasteiger partial charge in [-0.1, -0.05) is 0 Å². The molecule has 2 amide bonds. The highest BCUT2D eigenvalue weighted by atomic mass is 32.2. The molecule has 2 saturated heterocycles. The number of anilines is 1. The fourth-order valence-corrected chi connectivity index (χ4v) is 5.08. The summed E-state index contributed by atoms with van der Waals surface area (Å²) in [5.41, 5.74) is 0. The molecule has 0 radical (unpaired) electrons. The van der Waals surface area contributed by atoms with E-state index in [1.807, 2.05) is 46.1 Å². The molecule has 0 aliphatic carbocycles. The number of carbonyl (C=O) groups excluding carboxylic acids is 2. The van der Waals surface area contributed by atoms with Crippen LogP contribution in [-0.4, -0.2) is 82.7 Å². The van der Waals surface area contributed by atoms with E-state index >= 15 is 0 Å². The van der Waals surface area contributed by atoms with Gasteiger partial charge in [0.1, 0.15) is 0 Å². The van der Waals surface area contributed by atoms with Crippen molar-refractivity contribution in [3.05, 3.63) is 36.7 Å². The highest BCUT2D eigenvalue weighted by Crippen LogP contribution is 2.17. The molecule has 0 unspecified atom stereocenters. The molecule has 2 aliphatic heterocycles. The van der Waals surface area contributed by atoms with Crippen molar-refractivity contribution in [3.63, 3.8) is 0 Å². The van der Waals surface area contributed by atoms with Crippen molar-refractivity contribution in [1.29, 1.82) is 0 Å². The van der Waals surface area contributed by atoms with E-state index in [0.717, 1.165) is 4.90 Å². The van der Waals surface area contributed by atoms with Crippen LogP contribution in [0.3, 0.4) is 0 Å². The molecule has 10 nitrogen and oxygen atoms in total. The Labute approximate surface area is 175 Å². The Kier molecular flexibility index (Phi) is 5.82. The van der Waals surface area contributed by atoms with Gasteiger partial charge in [0.2, 0.25) is 21.8 Å². The van der Waals surface area contributed by atoms with Crippen molar-refractivity contribution in [1.82, 2.24) is 24.0 Å². The number of nitrogens with zero attached hydrogens (tertiary/aromatic N) is 6. The van der Waals surface area contributed by atoms with E-state index in [4.69, 9.17) is 0 Å². The zero-order valence-corrected chi connectivity index (χ0v) is 17.4. The largest absolute Gasteiger partial charge is 0.352 e. The molecular weight excluding hydrogens is 408 g/mol. The van der Waals surface area contributed by atoms with Crippen LogP contribution >= 0.6 is 0 Å². The van der Waals surface area contributed by atoms with Crippen molar-refractivity contribution >= 4 is 27.7 Å². The zero-order valence-electron chi connectivity index (χ0n) is 16.6. The van der Waals surface area contributed by atoms with Gasteiger partial charge in [-0.2, -0.15) is 4.31 Å². The Balaban J connectivity index is 1.32. The number of likely N-dealkylation sites (tertiary alicyclic amines) is 1. The molecule has 4 heterocycles. The van der Waals surface area contributed by atoms with Gasteiger partial charge in [-0.05, 0) is 30.7 Å². The summed E-state index contributed by atoms with van der Waals surface area (Å²) in [6.07, 6.45) is 4.91. The van der Waals surface area contributed by atoms with Crippen molar-refractivity contribution in [2.45, 2.75) is 19.3 Å². The van der Waals surface area contributed by atoms with Gasteiger partial charge in [-0.3, -0.25) is 14.5 Å². The normalized spacial score (nSPS) is 18.8. The first-order chi connectivity index (χ1) is 14.4. The first-order valence-corrected chi connectivity index (χ1v) is 11.6. The third-order valence-corrected chi connectivity index (χ3v) is 7.27. The van der Waals surface area contributed by atoms with Gasteiger partial charge in [-0.25, -0.2) is 8.42 Å². The summed E-state index contributed by atoms with van der Waals surface area (Å²) in [5.74, 6) is 0.608. The van der Waals surface area contributed by atoms with Gasteiger partial charge >= 0.3 is 0 Å². The van der Waals surface area contributed by atoms with Crippen LogP contribution < -0.4 is 4.90 Å². The molecule has 2 aromatic heterocycles. The molecular formula is C19H24N6O4S. The second-order valence-corrected chi connectivity index (χ2v) is 9.42. The molecule has 4 rings (SSSR count). The topological polar surface area (TPSA) is 109 Å². The molecule has 2 fully saturated rings. The van der Waals surface area contributed by atoms with Crippen LogP contribution in [0, 0.1) is 0 Å². The van der Waals surface area contributed by atoms with Crippen LogP contribution in [0.15, 0.2) is 36.7 Å². The molecule has 30 heavy (non-hydrogen) atoms. The van der Waals surface area contributed by atoms with Crippen molar-refractivity contribution < 1.29 is 18.0 Å². The predicted octanol–water partition coefficient (Wildman–Crippen LogP) is 0.258. The van der Waals surface area contributed by atoms with E-state index in [-0.39, 0.29) is 24.1 Å². The number of carbonyl (C=O) groups is 2. The third-order valence-electron chi connectivity index (χ3n) is 5.42. The molecule has 0 N–H and O–H groups in total. The lowest BCUT2D eigenvalue weighted by Crippen LogP contribution is -2.51. The average Bonchev–Trinajstić information content (AvgIpc) is 3.29. The molecule has 0 spiro atoms. The Morgan fingerprint density at radius 1 is 0.867 bits per heavy atom. The second kappa shape index (κ2) is 8.52. The minimum atomic E-state index is -3.55. The highest BCUT2D eigenvalue weighted by Gasteiger charge is 2.31. The van der Waals surface area contributed by atoms with Gasteiger partial charge in [-0.15, -0.1) is 10.2 Å². The third kappa shape index (κ3) is 4.36. The van der Waals surface area contributed by atoms with Gasteiger partial charge < -0.3 is 9.47 Å². The minimum absolute atomic E-state index is 0.0768. The smallest absolute Gasteiger partial charge is 0.229 e. The molecule has 0 atom stereocenters. The highest BCUT2D eigenvalue weighted by molar-refractivity contribution is 7.89. The van der Waals surface area contributed by atoms with E-state index in [2.05, 4.69) is 10.2 Å². The van der Waals surface area contributed by atoms with E-state index in [9.17, 15) is 18.0 Å². The van der Waals surface area contributed by atoms with Crippen molar-refractivity contribution in [3.8, 4) is 5.82 Å².